The van der Waals surface area contributed by atoms with Crippen molar-refractivity contribution in [1.82, 2.24) is 0 Å². The van der Waals surface area contributed by atoms with Crippen LogP contribution in [0.1, 0.15) is 6.42 Å². The molecule has 0 saturated heterocycles. The Bertz CT molecular complexity index is 210. The van der Waals surface area contributed by atoms with Crippen molar-refractivity contribution < 1.29 is 4.39 Å². The zero-order chi connectivity index (χ0) is 8.27. The summed E-state index contributed by atoms with van der Waals surface area (Å²) in [6, 6.07) is 0. The number of rotatable bonds is 1. The van der Waals surface area contributed by atoms with E-state index < -0.39 is 6.17 Å². The molecule has 2 unspecified atom stereocenters. The highest BCUT2D eigenvalue weighted by atomic mass is 127. The molecule has 0 spiro atoms. The number of halogens is 2. The minimum absolute atomic E-state index is 0.0285. The van der Waals surface area contributed by atoms with Gasteiger partial charge >= 0.3 is 0 Å². The molecule has 0 radical (unpaired) electrons. The Morgan fingerprint density at radius 1 is 1.73 bits per heavy atom. The van der Waals surface area contributed by atoms with Gasteiger partial charge in [-0.3, -0.25) is 0 Å². The van der Waals surface area contributed by atoms with Gasteiger partial charge in [0.1, 0.15) is 6.17 Å². The van der Waals surface area contributed by atoms with E-state index in [1.165, 1.54) is 12.3 Å². The van der Waals surface area contributed by atoms with Crippen LogP contribution in [0.2, 0.25) is 0 Å². The lowest BCUT2D eigenvalue weighted by Gasteiger charge is -2.08. The van der Waals surface area contributed by atoms with Gasteiger partial charge in [-0.25, -0.2) is 4.39 Å². The van der Waals surface area contributed by atoms with Crippen LogP contribution in [0.5, 0.6) is 0 Å². The first-order chi connectivity index (χ1) is 5.24. The number of hydrogen-bond donors (Lipinski definition) is 1. The van der Waals surface area contributed by atoms with Crippen LogP contribution in [0.25, 0.3) is 0 Å². The molecule has 2 atom stereocenters. The third-order valence-corrected chi connectivity index (χ3v) is 2.69. The fourth-order valence-corrected chi connectivity index (χ4v) is 1.67. The first kappa shape index (κ1) is 8.90. The third-order valence-electron chi connectivity index (χ3n) is 1.57. The highest BCUT2D eigenvalue weighted by Gasteiger charge is 2.17. The summed E-state index contributed by atoms with van der Waals surface area (Å²) in [4.78, 5) is 0. The van der Waals surface area contributed by atoms with Gasteiger partial charge in [-0.15, -0.1) is 0 Å². The third kappa shape index (κ3) is 2.39. The van der Waals surface area contributed by atoms with E-state index in [9.17, 15) is 4.39 Å². The lowest BCUT2D eigenvalue weighted by molar-refractivity contribution is 0.397. The van der Waals surface area contributed by atoms with Crippen LogP contribution in [0, 0.1) is 5.41 Å². The molecule has 0 aliphatic heterocycles. The van der Waals surface area contributed by atoms with E-state index >= 15 is 0 Å². The van der Waals surface area contributed by atoms with E-state index in [0.29, 0.717) is 6.42 Å². The Kier molecular flexibility index (Phi) is 3.23. The topological polar surface area (TPSA) is 23.9 Å². The van der Waals surface area contributed by atoms with Crippen LogP contribution in [0.4, 0.5) is 4.39 Å². The Morgan fingerprint density at radius 3 is 3.09 bits per heavy atom. The summed E-state index contributed by atoms with van der Waals surface area (Å²) in [5, 5.41) is 7.00. The SMILES string of the molecule is N=CC1=CC=CC(F)C(I)C1. The largest absolute Gasteiger partial charge is 0.308 e. The fraction of sp³-hybridized carbons (Fsp3) is 0.375. The lowest BCUT2D eigenvalue weighted by atomic mass is 10.1. The summed E-state index contributed by atoms with van der Waals surface area (Å²) in [6.45, 7) is 0. The van der Waals surface area contributed by atoms with Gasteiger partial charge in [-0.2, -0.15) is 0 Å². The van der Waals surface area contributed by atoms with Crippen LogP contribution in [-0.4, -0.2) is 16.3 Å². The highest BCUT2D eigenvalue weighted by molar-refractivity contribution is 14.1. The minimum atomic E-state index is -0.871. The maximum Gasteiger partial charge on any atom is 0.131 e. The lowest BCUT2D eigenvalue weighted by Crippen LogP contribution is -2.12. The Labute approximate surface area is 79.0 Å². The smallest absolute Gasteiger partial charge is 0.131 e. The highest BCUT2D eigenvalue weighted by Crippen LogP contribution is 2.21. The van der Waals surface area contributed by atoms with Gasteiger partial charge in [-0.1, -0.05) is 34.7 Å². The van der Waals surface area contributed by atoms with Gasteiger partial charge in [-0.05, 0) is 18.1 Å². The average Bonchev–Trinajstić information content (AvgIpc) is 2.15. The molecule has 11 heavy (non-hydrogen) atoms. The second kappa shape index (κ2) is 3.99. The standard InChI is InChI=1S/C8H9FIN/c9-7-3-1-2-6(5-11)4-8(7)10/h1-3,5,7-8,11H,4H2. The fourth-order valence-electron chi connectivity index (χ4n) is 0.919. The van der Waals surface area contributed by atoms with E-state index in [-0.39, 0.29) is 3.92 Å². The predicted molar refractivity (Wildman–Crippen MR) is 53.3 cm³/mol. The van der Waals surface area contributed by atoms with Crippen LogP contribution < -0.4 is 0 Å². The quantitative estimate of drug-likeness (QED) is 0.428. The van der Waals surface area contributed by atoms with Gasteiger partial charge in [0, 0.05) is 10.1 Å². The minimum Gasteiger partial charge on any atom is -0.308 e. The van der Waals surface area contributed by atoms with Gasteiger partial charge in [0.15, 0.2) is 0 Å². The number of alkyl halides is 2. The first-order valence-corrected chi connectivity index (χ1v) is 4.64. The van der Waals surface area contributed by atoms with Crippen molar-refractivity contribution in [3.05, 3.63) is 23.8 Å². The molecule has 1 aliphatic carbocycles. The van der Waals surface area contributed by atoms with E-state index in [1.807, 2.05) is 0 Å². The molecule has 1 rings (SSSR count). The van der Waals surface area contributed by atoms with Crippen molar-refractivity contribution in [3.63, 3.8) is 0 Å². The second-order valence-corrected chi connectivity index (χ2v) is 4.04. The summed E-state index contributed by atoms with van der Waals surface area (Å²) in [7, 11) is 0. The van der Waals surface area contributed by atoms with Gasteiger partial charge in [0.05, 0.1) is 0 Å². The molecule has 3 heteroatoms. The van der Waals surface area contributed by atoms with Gasteiger partial charge in [0.2, 0.25) is 0 Å². The molecule has 0 bridgehead atoms. The molecule has 0 fully saturated rings. The number of hydrogen-bond acceptors (Lipinski definition) is 1. The molecular formula is C8H9FIN. The molecule has 1 aliphatic rings. The van der Waals surface area contributed by atoms with Gasteiger partial charge < -0.3 is 5.41 Å². The maximum atomic E-state index is 12.9. The maximum absolute atomic E-state index is 12.9. The van der Waals surface area contributed by atoms with Crippen LogP contribution in [0.15, 0.2) is 23.8 Å². The van der Waals surface area contributed by atoms with Crippen molar-refractivity contribution in [3.8, 4) is 0 Å². The summed E-state index contributed by atoms with van der Waals surface area (Å²) in [6.07, 6.45) is 6.08. The Balaban J connectivity index is 2.72. The summed E-state index contributed by atoms with van der Waals surface area (Å²) in [5.41, 5.74) is 0.890. The van der Waals surface area contributed by atoms with E-state index in [0.717, 1.165) is 5.57 Å². The van der Waals surface area contributed by atoms with Crippen molar-refractivity contribution in [2.24, 2.45) is 0 Å². The molecule has 0 aromatic rings. The molecule has 1 N–H and O–H groups in total. The molecule has 0 amide bonds. The molecule has 0 aromatic carbocycles. The van der Waals surface area contributed by atoms with Crippen molar-refractivity contribution in [2.75, 3.05) is 0 Å². The summed E-state index contributed by atoms with van der Waals surface area (Å²) in [5.74, 6) is 0. The second-order valence-electron chi connectivity index (χ2n) is 2.44. The van der Waals surface area contributed by atoms with E-state index in [1.54, 1.807) is 12.2 Å². The zero-order valence-electron chi connectivity index (χ0n) is 5.93. The van der Waals surface area contributed by atoms with E-state index in [2.05, 4.69) is 22.6 Å². The molecule has 0 aromatic heterocycles. The Morgan fingerprint density at radius 2 is 2.45 bits per heavy atom. The zero-order valence-corrected chi connectivity index (χ0v) is 8.08. The van der Waals surface area contributed by atoms with Crippen molar-refractivity contribution in [1.29, 1.82) is 5.41 Å². The van der Waals surface area contributed by atoms with Crippen LogP contribution >= 0.6 is 22.6 Å². The van der Waals surface area contributed by atoms with E-state index in [4.69, 9.17) is 5.41 Å². The number of nitrogens with one attached hydrogen (secondary N) is 1. The summed E-state index contributed by atoms with van der Waals surface area (Å²) < 4.78 is 12.9. The summed E-state index contributed by atoms with van der Waals surface area (Å²) >= 11 is 2.08. The molecule has 60 valence electrons. The monoisotopic (exact) mass is 265 g/mol. The van der Waals surface area contributed by atoms with Crippen LogP contribution in [0.3, 0.4) is 0 Å². The molecule has 0 saturated carbocycles. The number of allylic oxidation sites excluding steroid dienone is 4. The average molecular weight is 265 g/mol. The van der Waals surface area contributed by atoms with Crippen molar-refractivity contribution >= 4 is 28.8 Å². The molecular weight excluding hydrogens is 256 g/mol. The normalized spacial score (nSPS) is 30.9. The first-order valence-electron chi connectivity index (χ1n) is 3.40. The molecule has 1 nitrogen and oxygen atoms in total. The molecule has 0 heterocycles. The Hall–Kier alpha value is -0.190. The predicted octanol–water partition coefficient (Wildman–Crippen LogP) is 2.66. The van der Waals surface area contributed by atoms with Gasteiger partial charge in [0.25, 0.3) is 0 Å². The van der Waals surface area contributed by atoms with Crippen molar-refractivity contribution in [2.45, 2.75) is 16.5 Å². The van der Waals surface area contributed by atoms with Crippen LogP contribution in [-0.2, 0) is 0 Å².